The molecule has 0 spiro atoms. The van der Waals surface area contributed by atoms with E-state index >= 15 is 0 Å². The second-order valence-corrected chi connectivity index (χ2v) is 8.39. The van der Waals surface area contributed by atoms with Crippen LogP contribution in [0.5, 0.6) is 0 Å². The summed E-state index contributed by atoms with van der Waals surface area (Å²) in [6, 6.07) is 20.5. The maximum absolute atomic E-state index is 9.90. The van der Waals surface area contributed by atoms with Gasteiger partial charge in [-0.3, -0.25) is 0 Å². The van der Waals surface area contributed by atoms with E-state index in [1.165, 1.54) is 28.7 Å². The zero-order chi connectivity index (χ0) is 19.8. The summed E-state index contributed by atoms with van der Waals surface area (Å²) in [6.45, 7) is 2.44. The normalized spacial score (nSPS) is 22.0. The Morgan fingerprint density at radius 1 is 1.00 bits per heavy atom. The fourth-order valence-electron chi connectivity index (χ4n) is 4.66. The third-order valence-corrected chi connectivity index (χ3v) is 6.47. The molecule has 1 aliphatic rings. The minimum Gasteiger partial charge on any atom is -0.396 e. The topological polar surface area (TPSA) is 44.0 Å². The number of rotatable bonds is 8. The maximum atomic E-state index is 9.90. The van der Waals surface area contributed by atoms with Crippen molar-refractivity contribution in [3.8, 4) is 17.2 Å². The second kappa shape index (κ2) is 9.89. The number of aliphatic hydroxyl groups is 1. The van der Waals surface area contributed by atoms with E-state index < -0.39 is 0 Å². The first-order chi connectivity index (χ1) is 13.7. The summed E-state index contributed by atoms with van der Waals surface area (Å²) >= 11 is 0. The van der Waals surface area contributed by atoms with Crippen LogP contribution in [0.4, 0.5) is 0 Å². The Morgan fingerprint density at radius 3 is 2.29 bits per heavy atom. The highest BCUT2D eigenvalue weighted by Crippen LogP contribution is 2.46. The van der Waals surface area contributed by atoms with Crippen molar-refractivity contribution in [2.75, 3.05) is 6.61 Å². The Balaban J connectivity index is 1.67. The molecule has 2 aromatic rings. The minimum absolute atomic E-state index is 0.174. The van der Waals surface area contributed by atoms with Gasteiger partial charge in [0.25, 0.3) is 0 Å². The van der Waals surface area contributed by atoms with E-state index in [1.807, 2.05) is 0 Å². The van der Waals surface area contributed by atoms with Gasteiger partial charge in [0.1, 0.15) is 0 Å². The van der Waals surface area contributed by atoms with Crippen molar-refractivity contribution in [1.29, 1.82) is 5.26 Å². The highest BCUT2D eigenvalue weighted by atomic mass is 16.2. The summed E-state index contributed by atoms with van der Waals surface area (Å²) in [5.41, 5.74) is 5.10. The third-order valence-electron chi connectivity index (χ3n) is 6.47. The second-order valence-electron chi connectivity index (χ2n) is 8.39. The molecule has 0 heterocycles. The lowest BCUT2D eigenvalue weighted by atomic mass is 9.66. The Morgan fingerprint density at radius 2 is 1.68 bits per heavy atom. The molecular formula is C26H33NO. The van der Waals surface area contributed by atoms with Gasteiger partial charge in [0.05, 0.1) is 11.5 Å². The largest absolute Gasteiger partial charge is 0.396 e. The van der Waals surface area contributed by atoms with Gasteiger partial charge >= 0.3 is 0 Å². The molecule has 2 nitrogen and oxygen atoms in total. The number of nitrogens with zero attached hydrogens (tertiary/aromatic N) is 1. The van der Waals surface area contributed by atoms with Crippen molar-refractivity contribution in [3.05, 3.63) is 59.7 Å². The molecule has 0 radical (unpaired) electrons. The Kier molecular flexibility index (Phi) is 7.29. The molecule has 148 valence electrons. The minimum atomic E-state index is -0.174. The van der Waals surface area contributed by atoms with Gasteiger partial charge in [-0.2, -0.15) is 5.26 Å². The van der Waals surface area contributed by atoms with E-state index in [0.29, 0.717) is 5.92 Å². The van der Waals surface area contributed by atoms with Gasteiger partial charge in [0, 0.05) is 6.61 Å². The molecule has 0 aliphatic heterocycles. The Hall–Kier alpha value is -2.11. The Bertz CT molecular complexity index is 772. The monoisotopic (exact) mass is 375 g/mol. The number of hydrogen-bond acceptors (Lipinski definition) is 2. The molecule has 2 unspecified atom stereocenters. The fraction of sp³-hybridized carbons (Fsp3) is 0.500. The molecule has 2 atom stereocenters. The summed E-state index contributed by atoms with van der Waals surface area (Å²) in [6.07, 6.45) is 9.30. The average Bonchev–Trinajstić information content (AvgIpc) is 2.77. The molecule has 0 bridgehead atoms. The summed E-state index contributed by atoms with van der Waals surface area (Å²) < 4.78 is 0. The van der Waals surface area contributed by atoms with Crippen LogP contribution in [0.1, 0.15) is 75.3 Å². The van der Waals surface area contributed by atoms with E-state index in [9.17, 15) is 5.26 Å². The highest BCUT2D eigenvalue weighted by Gasteiger charge is 2.36. The molecule has 1 saturated carbocycles. The molecule has 1 aliphatic carbocycles. The third kappa shape index (κ3) is 5.03. The van der Waals surface area contributed by atoms with E-state index in [4.69, 9.17) is 5.11 Å². The van der Waals surface area contributed by atoms with Gasteiger partial charge in [-0.15, -0.1) is 0 Å². The summed E-state index contributed by atoms with van der Waals surface area (Å²) in [5, 5.41) is 18.9. The number of unbranched alkanes of at least 4 members (excludes halogenated alkanes) is 2. The number of nitriles is 1. The number of benzene rings is 2. The zero-order valence-corrected chi connectivity index (χ0v) is 17.2. The lowest BCUT2D eigenvalue weighted by molar-refractivity contribution is 0.214. The predicted molar refractivity (Wildman–Crippen MR) is 116 cm³/mol. The molecule has 2 aromatic carbocycles. The average molecular weight is 376 g/mol. The van der Waals surface area contributed by atoms with Crippen molar-refractivity contribution in [2.24, 2.45) is 5.41 Å². The van der Waals surface area contributed by atoms with Gasteiger partial charge in [-0.1, -0.05) is 74.7 Å². The van der Waals surface area contributed by atoms with Crippen LogP contribution in [-0.2, 0) is 6.42 Å². The zero-order valence-electron chi connectivity index (χ0n) is 17.2. The van der Waals surface area contributed by atoms with Gasteiger partial charge in [0.2, 0.25) is 0 Å². The van der Waals surface area contributed by atoms with E-state index in [-0.39, 0.29) is 12.0 Å². The standard InChI is InChI=1S/C26H33NO/c1-2-21-8-10-22(11-9-21)23-12-14-24(15-13-23)25-7-6-17-26(19-25,20-27)16-4-3-5-18-28/h8-15,25,28H,2-7,16-19H2,1H3. The number of aryl methyl sites for hydroxylation is 1. The Labute approximate surface area is 170 Å². The van der Waals surface area contributed by atoms with Crippen molar-refractivity contribution >= 4 is 0 Å². The van der Waals surface area contributed by atoms with Gasteiger partial charge < -0.3 is 5.11 Å². The van der Waals surface area contributed by atoms with E-state index in [2.05, 4.69) is 61.5 Å². The first-order valence-corrected chi connectivity index (χ1v) is 10.9. The number of hydrogen-bond donors (Lipinski definition) is 1. The molecule has 3 rings (SSSR count). The first kappa shape index (κ1) is 20.6. The molecule has 0 aromatic heterocycles. The SMILES string of the molecule is CCc1ccc(-c2ccc(C3CCCC(C#N)(CCCCCO)C3)cc2)cc1. The summed E-state index contributed by atoms with van der Waals surface area (Å²) in [4.78, 5) is 0. The smallest absolute Gasteiger partial charge is 0.0689 e. The van der Waals surface area contributed by atoms with Crippen molar-refractivity contribution in [2.45, 2.75) is 70.6 Å². The van der Waals surface area contributed by atoms with Crippen LogP contribution in [0.3, 0.4) is 0 Å². The van der Waals surface area contributed by atoms with Gasteiger partial charge in [-0.25, -0.2) is 0 Å². The van der Waals surface area contributed by atoms with E-state index in [1.54, 1.807) is 0 Å². The van der Waals surface area contributed by atoms with Crippen LogP contribution in [-0.4, -0.2) is 11.7 Å². The molecule has 2 heteroatoms. The molecule has 0 saturated heterocycles. The van der Waals surface area contributed by atoms with Crippen LogP contribution in [0, 0.1) is 16.7 Å². The first-order valence-electron chi connectivity index (χ1n) is 10.9. The quantitative estimate of drug-likeness (QED) is 0.526. The van der Waals surface area contributed by atoms with Crippen molar-refractivity contribution < 1.29 is 5.11 Å². The van der Waals surface area contributed by atoms with E-state index in [0.717, 1.165) is 51.4 Å². The summed E-state index contributed by atoms with van der Waals surface area (Å²) in [5.74, 6) is 0.489. The fourth-order valence-corrected chi connectivity index (χ4v) is 4.66. The molecular weight excluding hydrogens is 342 g/mol. The molecule has 1 N–H and O–H groups in total. The van der Waals surface area contributed by atoms with Crippen LogP contribution >= 0.6 is 0 Å². The summed E-state index contributed by atoms with van der Waals surface area (Å²) in [7, 11) is 0. The van der Waals surface area contributed by atoms with Crippen molar-refractivity contribution in [3.63, 3.8) is 0 Å². The molecule has 28 heavy (non-hydrogen) atoms. The van der Waals surface area contributed by atoms with Crippen LogP contribution < -0.4 is 0 Å². The van der Waals surface area contributed by atoms with Crippen LogP contribution in [0.15, 0.2) is 48.5 Å². The van der Waals surface area contributed by atoms with Crippen molar-refractivity contribution in [1.82, 2.24) is 0 Å². The van der Waals surface area contributed by atoms with Crippen LogP contribution in [0.2, 0.25) is 0 Å². The lowest BCUT2D eigenvalue weighted by Crippen LogP contribution is -2.26. The maximum Gasteiger partial charge on any atom is 0.0689 e. The molecule has 0 amide bonds. The lowest BCUT2D eigenvalue weighted by Gasteiger charge is -2.36. The van der Waals surface area contributed by atoms with Gasteiger partial charge in [0.15, 0.2) is 0 Å². The number of aliphatic hydroxyl groups excluding tert-OH is 1. The highest BCUT2D eigenvalue weighted by molar-refractivity contribution is 5.64. The molecule has 1 fully saturated rings. The predicted octanol–water partition coefficient (Wildman–Crippen LogP) is 6.64. The van der Waals surface area contributed by atoms with Gasteiger partial charge in [-0.05, 0) is 66.7 Å². The van der Waals surface area contributed by atoms with Crippen LogP contribution in [0.25, 0.3) is 11.1 Å².